The fourth-order valence-corrected chi connectivity index (χ4v) is 1.18. The first-order chi connectivity index (χ1) is 7.82. The van der Waals surface area contributed by atoms with Gasteiger partial charge in [0.1, 0.15) is 6.04 Å². The van der Waals surface area contributed by atoms with Gasteiger partial charge in [-0.25, -0.2) is 9.59 Å². The van der Waals surface area contributed by atoms with Crippen LogP contribution in [0.5, 0.6) is 0 Å². The Kier molecular flexibility index (Phi) is 6.11. The van der Waals surface area contributed by atoms with Crippen molar-refractivity contribution >= 4 is 12.0 Å². The summed E-state index contributed by atoms with van der Waals surface area (Å²) < 4.78 is 0. The number of hydrogen-bond acceptors (Lipinski definition) is 2. The Morgan fingerprint density at radius 2 is 2.06 bits per heavy atom. The van der Waals surface area contributed by atoms with Gasteiger partial charge >= 0.3 is 12.0 Å². The highest BCUT2D eigenvalue weighted by atomic mass is 16.4. The van der Waals surface area contributed by atoms with Crippen LogP contribution in [0.1, 0.15) is 40.0 Å². The van der Waals surface area contributed by atoms with E-state index in [9.17, 15) is 9.59 Å². The van der Waals surface area contributed by atoms with Crippen molar-refractivity contribution in [1.29, 1.82) is 0 Å². The van der Waals surface area contributed by atoms with Crippen LogP contribution in [0.2, 0.25) is 0 Å². The summed E-state index contributed by atoms with van der Waals surface area (Å²) in [5.41, 5.74) is -0.794. The molecule has 1 unspecified atom stereocenters. The number of rotatable bonds is 6. The number of terminal acetylenes is 1. The van der Waals surface area contributed by atoms with Gasteiger partial charge in [-0.3, -0.25) is 0 Å². The SMILES string of the molecule is C#CC(C)(C)NC(=O)NC(CCCC)C(=O)O. The molecule has 2 amide bonds. The van der Waals surface area contributed by atoms with Gasteiger partial charge in [-0.15, -0.1) is 6.42 Å². The maximum atomic E-state index is 11.5. The van der Waals surface area contributed by atoms with E-state index in [0.29, 0.717) is 6.42 Å². The molecule has 0 aromatic carbocycles. The summed E-state index contributed by atoms with van der Waals surface area (Å²) in [5.74, 6) is 1.36. The van der Waals surface area contributed by atoms with Gasteiger partial charge in [-0.05, 0) is 20.3 Å². The van der Waals surface area contributed by atoms with Gasteiger partial charge in [-0.1, -0.05) is 25.7 Å². The quantitative estimate of drug-likeness (QED) is 0.613. The number of nitrogens with one attached hydrogen (secondary N) is 2. The van der Waals surface area contributed by atoms with E-state index >= 15 is 0 Å². The van der Waals surface area contributed by atoms with Crippen molar-refractivity contribution in [2.75, 3.05) is 0 Å². The summed E-state index contributed by atoms with van der Waals surface area (Å²) in [5, 5.41) is 13.8. The maximum Gasteiger partial charge on any atom is 0.326 e. The lowest BCUT2D eigenvalue weighted by Gasteiger charge is -2.22. The fraction of sp³-hybridized carbons (Fsp3) is 0.667. The Hall–Kier alpha value is -1.70. The molecule has 5 heteroatoms. The second-order valence-electron chi connectivity index (χ2n) is 4.40. The molecule has 0 heterocycles. The third kappa shape index (κ3) is 6.46. The van der Waals surface area contributed by atoms with Crippen molar-refractivity contribution < 1.29 is 14.7 Å². The van der Waals surface area contributed by atoms with E-state index in [2.05, 4.69) is 16.6 Å². The Labute approximate surface area is 102 Å². The van der Waals surface area contributed by atoms with E-state index < -0.39 is 23.6 Å². The number of amides is 2. The number of carboxylic acids is 1. The van der Waals surface area contributed by atoms with Crippen LogP contribution in [-0.2, 0) is 4.79 Å². The van der Waals surface area contributed by atoms with Gasteiger partial charge in [-0.2, -0.15) is 0 Å². The molecular weight excluding hydrogens is 220 g/mol. The highest BCUT2D eigenvalue weighted by Gasteiger charge is 2.22. The molecule has 3 N–H and O–H groups in total. The minimum atomic E-state index is -1.04. The number of carbonyl (C=O) groups is 2. The molecule has 0 aliphatic rings. The Morgan fingerprint density at radius 3 is 2.47 bits per heavy atom. The molecular formula is C12H20N2O3. The van der Waals surface area contributed by atoms with Gasteiger partial charge < -0.3 is 15.7 Å². The van der Waals surface area contributed by atoms with E-state index in [1.165, 1.54) is 0 Å². The Balaban J connectivity index is 4.32. The molecule has 0 aliphatic carbocycles. The number of urea groups is 1. The van der Waals surface area contributed by atoms with E-state index in [1.54, 1.807) is 13.8 Å². The monoisotopic (exact) mass is 240 g/mol. The first-order valence-electron chi connectivity index (χ1n) is 5.61. The lowest BCUT2D eigenvalue weighted by atomic mass is 10.1. The average Bonchev–Trinajstić information content (AvgIpc) is 2.23. The number of aliphatic carboxylic acids is 1. The molecule has 0 aromatic heterocycles. The van der Waals surface area contributed by atoms with Crippen LogP contribution >= 0.6 is 0 Å². The largest absolute Gasteiger partial charge is 0.480 e. The number of hydrogen-bond donors (Lipinski definition) is 3. The Morgan fingerprint density at radius 1 is 1.47 bits per heavy atom. The summed E-state index contributed by atoms with van der Waals surface area (Å²) in [6, 6.07) is -1.43. The van der Waals surface area contributed by atoms with Crippen LogP contribution in [-0.4, -0.2) is 28.7 Å². The van der Waals surface area contributed by atoms with E-state index in [4.69, 9.17) is 11.5 Å². The van der Waals surface area contributed by atoms with Crippen molar-refractivity contribution in [1.82, 2.24) is 10.6 Å². The zero-order valence-corrected chi connectivity index (χ0v) is 10.5. The highest BCUT2D eigenvalue weighted by Crippen LogP contribution is 2.02. The fourth-order valence-electron chi connectivity index (χ4n) is 1.18. The van der Waals surface area contributed by atoms with E-state index in [0.717, 1.165) is 12.8 Å². The van der Waals surface area contributed by atoms with Crippen LogP contribution in [0.25, 0.3) is 0 Å². The first-order valence-corrected chi connectivity index (χ1v) is 5.61. The van der Waals surface area contributed by atoms with E-state index in [-0.39, 0.29) is 0 Å². The van der Waals surface area contributed by atoms with Gasteiger partial charge in [0.2, 0.25) is 0 Å². The van der Waals surface area contributed by atoms with Crippen molar-refractivity contribution in [2.24, 2.45) is 0 Å². The number of unbranched alkanes of at least 4 members (excludes halogenated alkanes) is 1. The molecule has 0 aliphatic heterocycles. The van der Waals surface area contributed by atoms with E-state index in [1.807, 2.05) is 6.92 Å². The van der Waals surface area contributed by atoms with Gasteiger partial charge in [0, 0.05) is 0 Å². The van der Waals surface area contributed by atoms with Crippen LogP contribution in [0.3, 0.4) is 0 Å². The van der Waals surface area contributed by atoms with Crippen LogP contribution in [0.15, 0.2) is 0 Å². The molecule has 0 bridgehead atoms. The predicted molar refractivity (Wildman–Crippen MR) is 65.5 cm³/mol. The molecule has 0 spiro atoms. The Bertz CT molecular complexity index is 318. The topological polar surface area (TPSA) is 78.4 Å². The van der Waals surface area contributed by atoms with Crippen LogP contribution < -0.4 is 10.6 Å². The van der Waals surface area contributed by atoms with Crippen molar-refractivity contribution in [3.05, 3.63) is 0 Å². The summed E-state index contributed by atoms with van der Waals surface area (Å²) >= 11 is 0. The summed E-state index contributed by atoms with van der Waals surface area (Å²) in [7, 11) is 0. The highest BCUT2D eigenvalue weighted by molar-refractivity contribution is 5.83. The number of carbonyl (C=O) groups excluding carboxylic acids is 1. The molecule has 1 atom stereocenters. The third-order valence-electron chi connectivity index (χ3n) is 2.24. The lowest BCUT2D eigenvalue weighted by Crippen LogP contribution is -2.52. The van der Waals surface area contributed by atoms with Crippen molar-refractivity contribution in [3.63, 3.8) is 0 Å². The molecule has 0 saturated carbocycles. The third-order valence-corrected chi connectivity index (χ3v) is 2.24. The average molecular weight is 240 g/mol. The normalized spacial score (nSPS) is 12.4. The van der Waals surface area contributed by atoms with Crippen LogP contribution in [0.4, 0.5) is 4.79 Å². The zero-order valence-electron chi connectivity index (χ0n) is 10.5. The van der Waals surface area contributed by atoms with Crippen molar-refractivity contribution in [3.8, 4) is 12.3 Å². The molecule has 0 saturated heterocycles. The predicted octanol–water partition coefficient (Wildman–Crippen LogP) is 1.34. The van der Waals surface area contributed by atoms with Crippen molar-refractivity contribution in [2.45, 2.75) is 51.6 Å². The molecule has 5 nitrogen and oxygen atoms in total. The molecule has 0 rings (SSSR count). The summed E-state index contributed by atoms with van der Waals surface area (Å²) in [6.45, 7) is 5.28. The lowest BCUT2D eigenvalue weighted by molar-refractivity contribution is -0.139. The van der Waals surface area contributed by atoms with Gasteiger partial charge in [0.05, 0.1) is 5.54 Å². The molecule has 0 fully saturated rings. The zero-order chi connectivity index (χ0) is 13.5. The second kappa shape index (κ2) is 6.79. The molecule has 0 aromatic rings. The minimum Gasteiger partial charge on any atom is -0.480 e. The standard InChI is InChI=1S/C12H20N2O3/c1-5-7-8-9(10(15)16)13-11(17)14-12(3,4)6-2/h2,9H,5,7-8H2,1,3-4H3,(H,15,16)(H2,13,14,17). The summed E-state index contributed by atoms with van der Waals surface area (Å²) in [4.78, 5) is 22.4. The smallest absolute Gasteiger partial charge is 0.326 e. The minimum absolute atomic E-state index is 0.412. The molecule has 17 heavy (non-hydrogen) atoms. The first kappa shape index (κ1) is 15.3. The summed E-state index contributed by atoms with van der Waals surface area (Å²) in [6.07, 6.45) is 7.25. The van der Waals surface area contributed by atoms with Gasteiger partial charge in [0.15, 0.2) is 0 Å². The number of carboxylic acid groups (broad SMARTS) is 1. The molecule has 96 valence electrons. The van der Waals surface area contributed by atoms with Crippen LogP contribution in [0, 0.1) is 12.3 Å². The maximum absolute atomic E-state index is 11.5. The second-order valence-corrected chi connectivity index (χ2v) is 4.40. The van der Waals surface area contributed by atoms with Gasteiger partial charge in [0.25, 0.3) is 0 Å². The molecule has 0 radical (unpaired) electrons.